The van der Waals surface area contributed by atoms with Crippen molar-refractivity contribution in [1.82, 2.24) is 9.80 Å². The normalized spacial score (nSPS) is 15.2. The van der Waals surface area contributed by atoms with Crippen LogP contribution in [0.3, 0.4) is 0 Å². The summed E-state index contributed by atoms with van der Waals surface area (Å²) >= 11 is 0. The zero-order chi connectivity index (χ0) is 18.4. The van der Waals surface area contributed by atoms with Crippen LogP contribution in [0.2, 0.25) is 0 Å². The number of hydrogen-bond acceptors (Lipinski definition) is 3. The van der Waals surface area contributed by atoms with E-state index < -0.39 is 12.1 Å². The number of halogens is 3. The second kappa shape index (κ2) is 8.22. The predicted octanol–water partition coefficient (Wildman–Crippen LogP) is 2.39. The molecular formula is C17H21F3N2O3. The van der Waals surface area contributed by atoms with Crippen molar-refractivity contribution in [3.63, 3.8) is 0 Å². The number of carbonyl (C=O) groups excluding carboxylic acids is 2. The van der Waals surface area contributed by atoms with Gasteiger partial charge in [-0.25, -0.2) is 0 Å². The van der Waals surface area contributed by atoms with Gasteiger partial charge in [-0.15, -0.1) is 0 Å². The molecule has 0 spiro atoms. The van der Waals surface area contributed by atoms with E-state index >= 15 is 0 Å². The van der Waals surface area contributed by atoms with Gasteiger partial charge in [0.2, 0.25) is 5.91 Å². The fraction of sp³-hybridized carbons (Fsp3) is 0.529. The van der Waals surface area contributed by atoms with Gasteiger partial charge in [0, 0.05) is 32.6 Å². The summed E-state index contributed by atoms with van der Waals surface area (Å²) in [5.74, 6) is -1.20. The number of carbonyl (C=O) groups is 2. The summed E-state index contributed by atoms with van der Waals surface area (Å²) in [6.07, 6.45) is -4.08. The molecule has 1 aliphatic heterocycles. The average molecular weight is 358 g/mol. The van der Waals surface area contributed by atoms with E-state index in [-0.39, 0.29) is 38.5 Å². The third kappa shape index (κ3) is 5.37. The molecule has 1 saturated heterocycles. The molecule has 0 aromatic heterocycles. The molecule has 1 aromatic carbocycles. The fourth-order valence-electron chi connectivity index (χ4n) is 2.62. The Morgan fingerprint density at radius 1 is 1.08 bits per heavy atom. The van der Waals surface area contributed by atoms with E-state index in [1.54, 1.807) is 0 Å². The van der Waals surface area contributed by atoms with Gasteiger partial charge in [-0.05, 0) is 25.0 Å². The van der Waals surface area contributed by atoms with Crippen LogP contribution in [0, 0.1) is 6.92 Å². The standard InChI is InChI=1S/C17H21F3N2O3/c1-13-5-2-3-6-14(13)25-12-4-7-15(23)21-8-10-22(11-9-21)16(24)17(18,19)20/h2-3,5-6H,4,7-12H2,1H3. The summed E-state index contributed by atoms with van der Waals surface area (Å²) in [6, 6.07) is 7.57. The van der Waals surface area contributed by atoms with Gasteiger partial charge in [0.1, 0.15) is 5.75 Å². The van der Waals surface area contributed by atoms with Crippen molar-refractivity contribution >= 4 is 11.8 Å². The maximum Gasteiger partial charge on any atom is 0.471 e. The van der Waals surface area contributed by atoms with Crippen molar-refractivity contribution in [1.29, 1.82) is 0 Å². The lowest BCUT2D eigenvalue weighted by atomic mass is 10.2. The van der Waals surface area contributed by atoms with Gasteiger partial charge in [0.25, 0.3) is 0 Å². The molecular weight excluding hydrogens is 337 g/mol. The lowest BCUT2D eigenvalue weighted by Gasteiger charge is -2.35. The lowest BCUT2D eigenvalue weighted by Crippen LogP contribution is -2.53. The molecule has 0 N–H and O–H groups in total. The fourth-order valence-corrected chi connectivity index (χ4v) is 2.62. The summed E-state index contributed by atoms with van der Waals surface area (Å²) in [4.78, 5) is 25.5. The zero-order valence-corrected chi connectivity index (χ0v) is 14.0. The highest BCUT2D eigenvalue weighted by Crippen LogP contribution is 2.20. The largest absolute Gasteiger partial charge is 0.493 e. The Kier molecular flexibility index (Phi) is 6.27. The van der Waals surface area contributed by atoms with Crippen LogP contribution < -0.4 is 4.74 Å². The molecule has 0 aliphatic carbocycles. The number of aryl methyl sites for hydroxylation is 1. The molecule has 5 nitrogen and oxygen atoms in total. The molecule has 1 aromatic rings. The molecule has 0 unspecified atom stereocenters. The molecule has 0 bridgehead atoms. The molecule has 25 heavy (non-hydrogen) atoms. The summed E-state index contributed by atoms with van der Waals surface area (Å²) in [5.41, 5.74) is 1.01. The van der Waals surface area contributed by atoms with Crippen LogP contribution in [-0.4, -0.2) is 60.6 Å². The second-order valence-electron chi connectivity index (χ2n) is 5.89. The summed E-state index contributed by atoms with van der Waals surface area (Å²) < 4.78 is 42.7. The Hall–Kier alpha value is -2.25. The monoisotopic (exact) mass is 358 g/mol. The first kappa shape index (κ1) is 19.1. The third-order valence-corrected chi connectivity index (χ3v) is 4.05. The Morgan fingerprint density at radius 3 is 2.28 bits per heavy atom. The first-order valence-corrected chi connectivity index (χ1v) is 8.11. The topological polar surface area (TPSA) is 49.9 Å². The number of hydrogen-bond donors (Lipinski definition) is 0. The number of piperazine rings is 1. The molecule has 138 valence electrons. The summed E-state index contributed by atoms with van der Waals surface area (Å²) in [5, 5.41) is 0. The Morgan fingerprint density at radius 2 is 1.68 bits per heavy atom. The molecule has 1 fully saturated rings. The summed E-state index contributed by atoms with van der Waals surface area (Å²) in [7, 11) is 0. The van der Waals surface area contributed by atoms with Crippen molar-refractivity contribution < 1.29 is 27.5 Å². The predicted molar refractivity (Wildman–Crippen MR) is 85.1 cm³/mol. The number of alkyl halides is 3. The molecule has 0 atom stereocenters. The van der Waals surface area contributed by atoms with Crippen LogP contribution >= 0.6 is 0 Å². The SMILES string of the molecule is Cc1ccccc1OCCCC(=O)N1CCN(C(=O)C(F)(F)F)CC1. The smallest absolute Gasteiger partial charge is 0.471 e. The van der Waals surface area contributed by atoms with Crippen LogP contribution in [0.4, 0.5) is 13.2 Å². The van der Waals surface area contributed by atoms with E-state index in [9.17, 15) is 22.8 Å². The van der Waals surface area contributed by atoms with Crippen molar-refractivity contribution in [3.05, 3.63) is 29.8 Å². The van der Waals surface area contributed by atoms with Gasteiger partial charge in [-0.2, -0.15) is 13.2 Å². The van der Waals surface area contributed by atoms with E-state index in [2.05, 4.69) is 0 Å². The number of rotatable bonds is 5. The highest BCUT2D eigenvalue weighted by Gasteiger charge is 2.43. The van der Waals surface area contributed by atoms with Gasteiger partial charge in [-0.3, -0.25) is 9.59 Å². The Bertz CT molecular complexity index is 611. The number of nitrogens with zero attached hydrogens (tertiary/aromatic N) is 2. The zero-order valence-electron chi connectivity index (χ0n) is 14.0. The van der Waals surface area contributed by atoms with Crippen LogP contribution in [0.25, 0.3) is 0 Å². The van der Waals surface area contributed by atoms with Gasteiger partial charge >= 0.3 is 12.1 Å². The van der Waals surface area contributed by atoms with E-state index in [4.69, 9.17) is 4.74 Å². The minimum absolute atomic E-state index is 0.0935. The van der Waals surface area contributed by atoms with E-state index in [0.717, 1.165) is 16.2 Å². The molecule has 8 heteroatoms. The van der Waals surface area contributed by atoms with Crippen molar-refractivity contribution in [2.45, 2.75) is 25.9 Å². The van der Waals surface area contributed by atoms with Gasteiger partial charge in [-0.1, -0.05) is 18.2 Å². The van der Waals surface area contributed by atoms with Gasteiger partial charge < -0.3 is 14.5 Å². The minimum Gasteiger partial charge on any atom is -0.493 e. The number of amides is 2. The second-order valence-corrected chi connectivity index (χ2v) is 5.89. The van der Waals surface area contributed by atoms with Crippen LogP contribution in [-0.2, 0) is 9.59 Å². The molecule has 1 aliphatic rings. The van der Waals surface area contributed by atoms with Crippen LogP contribution in [0.15, 0.2) is 24.3 Å². The lowest BCUT2D eigenvalue weighted by molar-refractivity contribution is -0.187. The highest BCUT2D eigenvalue weighted by atomic mass is 19.4. The maximum absolute atomic E-state index is 12.4. The van der Waals surface area contributed by atoms with Crippen molar-refractivity contribution in [2.24, 2.45) is 0 Å². The molecule has 0 radical (unpaired) electrons. The maximum atomic E-state index is 12.4. The Balaban J connectivity index is 1.69. The number of para-hydroxylation sites is 1. The van der Waals surface area contributed by atoms with Crippen LogP contribution in [0.1, 0.15) is 18.4 Å². The van der Waals surface area contributed by atoms with Gasteiger partial charge in [0.05, 0.1) is 6.61 Å². The molecule has 2 amide bonds. The van der Waals surface area contributed by atoms with Crippen molar-refractivity contribution in [3.8, 4) is 5.75 Å². The summed E-state index contributed by atoms with van der Waals surface area (Å²) in [6.45, 7) is 2.39. The Labute approximate surface area is 144 Å². The third-order valence-electron chi connectivity index (χ3n) is 4.05. The van der Waals surface area contributed by atoms with Gasteiger partial charge in [0.15, 0.2) is 0 Å². The van der Waals surface area contributed by atoms with E-state index in [1.807, 2.05) is 31.2 Å². The number of ether oxygens (including phenoxy) is 1. The number of benzene rings is 1. The van der Waals surface area contributed by atoms with Crippen LogP contribution in [0.5, 0.6) is 5.75 Å². The van der Waals surface area contributed by atoms with E-state index in [0.29, 0.717) is 13.0 Å². The van der Waals surface area contributed by atoms with E-state index in [1.165, 1.54) is 4.90 Å². The highest BCUT2D eigenvalue weighted by molar-refractivity contribution is 5.82. The molecule has 1 heterocycles. The quantitative estimate of drug-likeness (QED) is 0.760. The first-order chi connectivity index (χ1) is 11.8. The first-order valence-electron chi connectivity index (χ1n) is 8.11. The minimum atomic E-state index is -4.86. The molecule has 2 rings (SSSR count). The molecule has 0 saturated carbocycles. The van der Waals surface area contributed by atoms with Crippen molar-refractivity contribution in [2.75, 3.05) is 32.8 Å². The average Bonchev–Trinajstić information content (AvgIpc) is 2.58.